The summed E-state index contributed by atoms with van der Waals surface area (Å²) in [6.07, 6.45) is 4.44. The maximum Gasteiger partial charge on any atom is 0.330 e. The molecule has 1 saturated heterocycles. The van der Waals surface area contributed by atoms with E-state index in [0.717, 1.165) is 19.5 Å². The first-order chi connectivity index (χ1) is 7.52. The highest BCUT2D eigenvalue weighted by Crippen LogP contribution is 2.18. The quantitative estimate of drug-likeness (QED) is 0.695. The minimum absolute atomic E-state index is 0.313. The van der Waals surface area contributed by atoms with Crippen molar-refractivity contribution < 1.29 is 9.90 Å². The van der Waals surface area contributed by atoms with Gasteiger partial charge in [0.05, 0.1) is 6.17 Å². The zero-order valence-electron chi connectivity index (χ0n) is 10.3. The summed E-state index contributed by atoms with van der Waals surface area (Å²) in [4.78, 5) is 15.2. The molecule has 0 radical (unpaired) electrons. The molecule has 1 aliphatic rings. The van der Waals surface area contributed by atoms with Crippen molar-refractivity contribution in [2.75, 3.05) is 27.2 Å². The highest BCUT2D eigenvalue weighted by molar-refractivity contribution is 5.85. The van der Waals surface area contributed by atoms with Gasteiger partial charge < -0.3 is 5.11 Å². The van der Waals surface area contributed by atoms with Gasteiger partial charge in [0.2, 0.25) is 0 Å². The van der Waals surface area contributed by atoms with E-state index in [1.807, 2.05) is 0 Å². The van der Waals surface area contributed by atoms with Crippen molar-refractivity contribution in [3.63, 3.8) is 0 Å². The average Bonchev–Trinajstić information content (AvgIpc) is 2.64. The van der Waals surface area contributed by atoms with Crippen molar-refractivity contribution in [3.8, 4) is 0 Å². The molecular formula is C12H22N2O2. The number of carbonyl (C=O) groups is 1. The number of rotatable bonds is 6. The average molecular weight is 226 g/mol. The van der Waals surface area contributed by atoms with Gasteiger partial charge in [-0.25, -0.2) is 4.79 Å². The molecule has 0 aromatic carbocycles. The van der Waals surface area contributed by atoms with Crippen LogP contribution in [0.2, 0.25) is 0 Å². The molecule has 0 aromatic heterocycles. The number of carboxylic acids is 1. The Hall–Kier alpha value is -0.870. The fourth-order valence-electron chi connectivity index (χ4n) is 2.25. The van der Waals surface area contributed by atoms with Crippen molar-refractivity contribution in [1.29, 1.82) is 0 Å². The summed E-state index contributed by atoms with van der Waals surface area (Å²) < 4.78 is 0. The molecule has 16 heavy (non-hydrogen) atoms. The minimum Gasteiger partial charge on any atom is -0.478 e. The molecule has 0 bridgehead atoms. The van der Waals surface area contributed by atoms with E-state index in [-0.39, 0.29) is 0 Å². The Kier molecular flexibility index (Phi) is 4.96. The number of hydrogen-bond acceptors (Lipinski definition) is 3. The largest absolute Gasteiger partial charge is 0.478 e. The van der Waals surface area contributed by atoms with E-state index >= 15 is 0 Å². The number of nitrogens with zero attached hydrogens (tertiary/aromatic N) is 2. The van der Waals surface area contributed by atoms with Crippen LogP contribution in [-0.4, -0.2) is 54.2 Å². The van der Waals surface area contributed by atoms with Crippen LogP contribution in [0.1, 0.15) is 25.7 Å². The first kappa shape index (κ1) is 13.2. The summed E-state index contributed by atoms with van der Waals surface area (Å²) in [7, 11) is 4.25. The van der Waals surface area contributed by atoms with Gasteiger partial charge in [-0.2, -0.15) is 0 Å². The van der Waals surface area contributed by atoms with E-state index in [9.17, 15) is 4.79 Å². The molecule has 1 atom stereocenters. The first-order valence-corrected chi connectivity index (χ1v) is 5.84. The molecule has 0 aromatic rings. The zero-order valence-corrected chi connectivity index (χ0v) is 10.3. The normalized spacial score (nSPS) is 21.6. The molecule has 1 N–H and O–H groups in total. The SMILES string of the molecule is C=C(CCCN(C)C1CCCN1C)C(=O)O. The highest BCUT2D eigenvalue weighted by atomic mass is 16.4. The Morgan fingerprint density at radius 3 is 2.81 bits per heavy atom. The predicted octanol–water partition coefficient (Wildman–Crippen LogP) is 1.39. The van der Waals surface area contributed by atoms with Crippen molar-refractivity contribution >= 4 is 5.97 Å². The molecule has 1 aliphatic heterocycles. The topological polar surface area (TPSA) is 43.8 Å². The summed E-state index contributed by atoms with van der Waals surface area (Å²) in [5, 5.41) is 8.68. The monoisotopic (exact) mass is 226 g/mol. The number of aliphatic carboxylic acids is 1. The van der Waals surface area contributed by atoms with Gasteiger partial charge in [-0.1, -0.05) is 6.58 Å². The molecule has 0 spiro atoms. The first-order valence-electron chi connectivity index (χ1n) is 5.84. The van der Waals surface area contributed by atoms with Crippen LogP contribution in [0.25, 0.3) is 0 Å². The smallest absolute Gasteiger partial charge is 0.330 e. The van der Waals surface area contributed by atoms with Crippen LogP contribution >= 0.6 is 0 Å². The zero-order chi connectivity index (χ0) is 12.1. The Morgan fingerprint density at radius 2 is 2.31 bits per heavy atom. The van der Waals surface area contributed by atoms with E-state index < -0.39 is 5.97 Å². The second-order valence-electron chi connectivity index (χ2n) is 4.60. The maximum absolute atomic E-state index is 10.6. The number of likely N-dealkylation sites (tertiary alicyclic amines) is 1. The molecule has 0 aliphatic carbocycles. The van der Waals surface area contributed by atoms with E-state index in [1.165, 1.54) is 12.8 Å². The van der Waals surface area contributed by atoms with E-state index in [0.29, 0.717) is 18.2 Å². The van der Waals surface area contributed by atoms with Crippen LogP contribution in [0, 0.1) is 0 Å². The third kappa shape index (κ3) is 3.61. The summed E-state index contributed by atoms with van der Waals surface area (Å²) in [5.74, 6) is -0.874. The van der Waals surface area contributed by atoms with Crippen LogP contribution < -0.4 is 0 Å². The van der Waals surface area contributed by atoms with Gasteiger partial charge in [0, 0.05) is 5.57 Å². The Morgan fingerprint density at radius 1 is 1.62 bits per heavy atom. The van der Waals surface area contributed by atoms with Crippen LogP contribution in [-0.2, 0) is 4.79 Å². The molecule has 4 nitrogen and oxygen atoms in total. The number of hydrogen-bond donors (Lipinski definition) is 1. The Bertz CT molecular complexity index is 266. The van der Waals surface area contributed by atoms with Gasteiger partial charge in [0.25, 0.3) is 0 Å². The fourth-order valence-corrected chi connectivity index (χ4v) is 2.25. The van der Waals surface area contributed by atoms with E-state index in [1.54, 1.807) is 0 Å². The maximum atomic E-state index is 10.6. The summed E-state index contributed by atoms with van der Waals surface area (Å²) in [6.45, 7) is 5.63. The lowest BCUT2D eigenvalue weighted by atomic mass is 10.1. The molecule has 1 unspecified atom stereocenters. The molecule has 0 amide bonds. The third-order valence-electron chi connectivity index (χ3n) is 3.28. The Balaban J connectivity index is 2.22. The van der Waals surface area contributed by atoms with Gasteiger partial charge in [-0.15, -0.1) is 0 Å². The van der Waals surface area contributed by atoms with Crippen LogP contribution in [0.15, 0.2) is 12.2 Å². The third-order valence-corrected chi connectivity index (χ3v) is 3.28. The van der Waals surface area contributed by atoms with Gasteiger partial charge in [-0.3, -0.25) is 9.80 Å². The molecule has 1 fully saturated rings. The number of carboxylic acid groups (broad SMARTS) is 1. The minimum atomic E-state index is -0.874. The standard InChI is InChI=1S/C12H22N2O2/c1-10(12(15)16)6-4-8-13(2)11-7-5-9-14(11)3/h11H,1,4-9H2,2-3H3,(H,15,16). The van der Waals surface area contributed by atoms with E-state index in [4.69, 9.17) is 5.11 Å². The van der Waals surface area contributed by atoms with Gasteiger partial charge in [0.1, 0.15) is 0 Å². The predicted molar refractivity (Wildman–Crippen MR) is 64.3 cm³/mol. The second-order valence-corrected chi connectivity index (χ2v) is 4.60. The molecule has 92 valence electrons. The lowest BCUT2D eigenvalue weighted by molar-refractivity contribution is -0.132. The van der Waals surface area contributed by atoms with Gasteiger partial charge >= 0.3 is 5.97 Å². The van der Waals surface area contributed by atoms with E-state index in [2.05, 4.69) is 30.5 Å². The second kappa shape index (κ2) is 6.01. The van der Waals surface area contributed by atoms with Gasteiger partial charge in [-0.05, 0) is 52.9 Å². The lowest BCUT2D eigenvalue weighted by Crippen LogP contribution is -2.40. The van der Waals surface area contributed by atoms with Crippen molar-refractivity contribution in [1.82, 2.24) is 9.80 Å². The summed E-state index contributed by atoms with van der Waals surface area (Å²) in [6, 6.07) is 0. The van der Waals surface area contributed by atoms with Gasteiger partial charge in [0.15, 0.2) is 0 Å². The van der Waals surface area contributed by atoms with Crippen LogP contribution in [0.5, 0.6) is 0 Å². The lowest BCUT2D eigenvalue weighted by Gasteiger charge is -2.29. The van der Waals surface area contributed by atoms with Crippen molar-refractivity contribution in [2.45, 2.75) is 31.8 Å². The summed E-state index contributed by atoms with van der Waals surface area (Å²) in [5.41, 5.74) is 0.313. The molecule has 4 heteroatoms. The summed E-state index contributed by atoms with van der Waals surface area (Å²) >= 11 is 0. The molecule has 0 saturated carbocycles. The highest BCUT2D eigenvalue weighted by Gasteiger charge is 2.24. The van der Waals surface area contributed by atoms with Crippen molar-refractivity contribution in [3.05, 3.63) is 12.2 Å². The molecule has 1 rings (SSSR count). The molecular weight excluding hydrogens is 204 g/mol. The van der Waals surface area contributed by atoms with Crippen LogP contribution in [0.4, 0.5) is 0 Å². The molecule has 1 heterocycles. The Labute approximate surface area is 97.5 Å². The van der Waals surface area contributed by atoms with Crippen molar-refractivity contribution in [2.24, 2.45) is 0 Å². The fraction of sp³-hybridized carbons (Fsp3) is 0.750. The van der Waals surface area contributed by atoms with Crippen LogP contribution in [0.3, 0.4) is 0 Å².